The van der Waals surface area contributed by atoms with Crippen LogP contribution in [-0.2, 0) is 16.0 Å². The number of hydrogen-bond acceptors (Lipinski definition) is 3. The summed E-state index contributed by atoms with van der Waals surface area (Å²) in [4.78, 5) is 28.3. The maximum Gasteiger partial charge on any atom is 0.225 e. The molecule has 5 heteroatoms. The highest BCUT2D eigenvalue weighted by Gasteiger charge is 2.40. The van der Waals surface area contributed by atoms with Gasteiger partial charge in [0.15, 0.2) is 0 Å². The van der Waals surface area contributed by atoms with Crippen molar-refractivity contribution in [2.24, 2.45) is 0 Å². The minimum Gasteiger partial charge on any atom is -0.348 e. The minimum atomic E-state index is -0.241. The lowest BCUT2D eigenvalue weighted by Crippen LogP contribution is -2.40. The van der Waals surface area contributed by atoms with Crippen LogP contribution in [0.2, 0.25) is 0 Å². The molecule has 0 spiro atoms. The first kappa shape index (κ1) is 18.2. The Hall–Kier alpha value is -2.14. The molecule has 1 aromatic heterocycles. The second-order valence-electron chi connectivity index (χ2n) is 7.61. The lowest BCUT2D eigenvalue weighted by molar-refractivity contribution is -0.135. The summed E-state index contributed by atoms with van der Waals surface area (Å²) < 4.78 is 0. The molecule has 0 saturated heterocycles. The van der Waals surface area contributed by atoms with E-state index >= 15 is 0 Å². The predicted molar refractivity (Wildman–Crippen MR) is 107 cm³/mol. The van der Waals surface area contributed by atoms with Gasteiger partial charge in [0, 0.05) is 17.8 Å². The molecule has 1 heterocycles. The number of thiophene rings is 1. The van der Waals surface area contributed by atoms with Crippen LogP contribution in [0.1, 0.15) is 67.1 Å². The third-order valence-corrected chi connectivity index (χ3v) is 6.53. The van der Waals surface area contributed by atoms with E-state index in [1.54, 1.807) is 11.3 Å². The molecule has 1 saturated carbocycles. The van der Waals surface area contributed by atoms with Crippen LogP contribution in [0, 0.1) is 0 Å². The maximum atomic E-state index is 13.4. The predicted octanol–water partition coefficient (Wildman–Crippen LogP) is 4.38. The molecule has 142 valence electrons. The van der Waals surface area contributed by atoms with E-state index in [-0.39, 0.29) is 23.9 Å². The van der Waals surface area contributed by atoms with E-state index in [4.69, 9.17) is 0 Å². The average Bonchev–Trinajstić information content (AvgIpc) is 3.32. The second kappa shape index (κ2) is 7.85. The zero-order valence-electron chi connectivity index (χ0n) is 15.7. The summed E-state index contributed by atoms with van der Waals surface area (Å²) in [6.07, 6.45) is 5.77. The fourth-order valence-electron chi connectivity index (χ4n) is 4.24. The van der Waals surface area contributed by atoms with Gasteiger partial charge >= 0.3 is 0 Å². The van der Waals surface area contributed by atoms with Gasteiger partial charge in [-0.25, -0.2) is 0 Å². The molecule has 4 rings (SSSR count). The molecule has 1 fully saturated rings. The Morgan fingerprint density at radius 3 is 2.70 bits per heavy atom. The summed E-state index contributed by atoms with van der Waals surface area (Å²) in [5, 5.41) is 4.96. The van der Waals surface area contributed by atoms with E-state index in [2.05, 4.69) is 34.5 Å². The van der Waals surface area contributed by atoms with Crippen molar-refractivity contribution in [1.82, 2.24) is 10.2 Å². The lowest BCUT2D eigenvalue weighted by Gasteiger charge is -2.37. The van der Waals surface area contributed by atoms with E-state index in [0.717, 1.165) is 37.0 Å². The zero-order valence-corrected chi connectivity index (χ0v) is 16.5. The van der Waals surface area contributed by atoms with Gasteiger partial charge in [0.05, 0.1) is 18.5 Å². The van der Waals surface area contributed by atoms with Gasteiger partial charge in [0.2, 0.25) is 11.8 Å². The van der Waals surface area contributed by atoms with Crippen LogP contribution in [-0.4, -0.2) is 22.8 Å². The minimum absolute atomic E-state index is 0.0952. The molecule has 2 amide bonds. The molecule has 0 radical (unpaired) electrons. The van der Waals surface area contributed by atoms with Gasteiger partial charge in [-0.3, -0.25) is 9.59 Å². The molecule has 27 heavy (non-hydrogen) atoms. The number of fused-ring (bicyclic) bond motifs is 1. The van der Waals surface area contributed by atoms with Crippen LogP contribution in [0.3, 0.4) is 0 Å². The summed E-state index contributed by atoms with van der Waals surface area (Å²) in [5.41, 5.74) is 2.69. The standard InChI is InChI=1S/C22H26N2O2S/c1-15(25)23-19(21-10-5-13-27-21)14-22(26)24(17-11-12-17)20-9-4-7-16-6-2-3-8-18(16)20/h2-3,5-6,8,10,13,17,19-20H,4,7,9,11-12,14H2,1H3,(H,23,25). The third kappa shape index (κ3) is 4.08. The molecular formula is C22H26N2O2S. The highest BCUT2D eigenvalue weighted by Crippen LogP contribution is 2.41. The first-order valence-electron chi connectivity index (χ1n) is 9.83. The SMILES string of the molecule is CC(=O)NC(CC(=O)N(C1CC1)C1CCCc2ccccc21)c1cccs1. The van der Waals surface area contributed by atoms with Gasteiger partial charge in [0.1, 0.15) is 0 Å². The van der Waals surface area contributed by atoms with Gasteiger partial charge < -0.3 is 10.2 Å². The molecule has 0 bridgehead atoms. The van der Waals surface area contributed by atoms with Crippen molar-refractivity contribution in [2.75, 3.05) is 0 Å². The van der Waals surface area contributed by atoms with E-state index in [0.29, 0.717) is 12.5 Å². The Kier molecular flexibility index (Phi) is 5.30. The first-order valence-corrected chi connectivity index (χ1v) is 10.7. The van der Waals surface area contributed by atoms with E-state index in [1.165, 1.54) is 18.1 Å². The smallest absolute Gasteiger partial charge is 0.225 e. The largest absolute Gasteiger partial charge is 0.348 e. The molecule has 4 nitrogen and oxygen atoms in total. The third-order valence-electron chi connectivity index (χ3n) is 5.54. The number of benzene rings is 1. The molecule has 2 aliphatic rings. The summed E-state index contributed by atoms with van der Waals surface area (Å²) >= 11 is 1.59. The fourth-order valence-corrected chi connectivity index (χ4v) is 5.02. The summed E-state index contributed by atoms with van der Waals surface area (Å²) in [5.74, 6) is 0.0635. The van der Waals surface area contributed by atoms with Crippen molar-refractivity contribution in [1.29, 1.82) is 0 Å². The molecule has 0 aliphatic heterocycles. The van der Waals surface area contributed by atoms with Crippen molar-refractivity contribution in [2.45, 2.75) is 63.6 Å². The Bertz CT molecular complexity index is 813. The maximum absolute atomic E-state index is 13.4. The van der Waals surface area contributed by atoms with Gasteiger partial charge in [-0.15, -0.1) is 11.3 Å². The number of amides is 2. The van der Waals surface area contributed by atoms with Gasteiger partial charge in [0.25, 0.3) is 0 Å². The van der Waals surface area contributed by atoms with Gasteiger partial charge in [-0.1, -0.05) is 30.3 Å². The number of carbonyl (C=O) groups is 2. The number of rotatable bonds is 6. The monoisotopic (exact) mass is 382 g/mol. The molecular weight excluding hydrogens is 356 g/mol. The van der Waals surface area contributed by atoms with E-state index in [1.807, 2.05) is 17.5 Å². The molecule has 2 aliphatic carbocycles. The van der Waals surface area contributed by atoms with Crippen molar-refractivity contribution < 1.29 is 9.59 Å². The quantitative estimate of drug-likeness (QED) is 0.806. The summed E-state index contributed by atoms with van der Waals surface area (Å²) in [7, 11) is 0. The van der Waals surface area contributed by atoms with Crippen molar-refractivity contribution in [3.05, 3.63) is 57.8 Å². The molecule has 2 unspecified atom stereocenters. The van der Waals surface area contributed by atoms with Crippen molar-refractivity contribution in [3.63, 3.8) is 0 Å². The molecule has 1 N–H and O–H groups in total. The Balaban J connectivity index is 1.57. The van der Waals surface area contributed by atoms with Crippen LogP contribution >= 0.6 is 11.3 Å². The summed E-state index contributed by atoms with van der Waals surface area (Å²) in [6.45, 7) is 1.52. The van der Waals surface area contributed by atoms with Crippen LogP contribution in [0.25, 0.3) is 0 Å². The molecule has 2 atom stereocenters. The van der Waals surface area contributed by atoms with Crippen molar-refractivity contribution in [3.8, 4) is 0 Å². The molecule has 1 aromatic carbocycles. The van der Waals surface area contributed by atoms with Crippen LogP contribution in [0.15, 0.2) is 41.8 Å². The van der Waals surface area contributed by atoms with Gasteiger partial charge in [-0.2, -0.15) is 0 Å². The van der Waals surface area contributed by atoms with E-state index < -0.39 is 0 Å². The summed E-state index contributed by atoms with van der Waals surface area (Å²) in [6, 6.07) is 12.8. The van der Waals surface area contributed by atoms with Crippen LogP contribution < -0.4 is 5.32 Å². The lowest BCUT2D eigenvalue weighted by atomic mass is 9.86. The number of nitrogens with zero attached hydrogens (tertiary/aromatic N) is 1. The topological polar surface area (TPSA) is 49.4 Å². The number of nitrogens with one attached hydrogen (secondary N) is 1. The normalized spacial score (nSPS) is 19.8. The second-order valence-corrected chi connectivity index (χ2v) is 8.59. The van der Waals surface area contributed by atoms with Crippen LogP contribution in [0.4, 0.5) is 0 Å². The Morgan fingerprint density at radius 1 is 1.19 bits per heavy atom. The molecule has 2 aromatic rings. The van der Waals surface area contributed by atoms with Crippen molar-refractivity contribution >= 4 is 23.2 Å². The number of hydrogen-bond donors (Lipinski definition) is 1. The fraction of sp³-hybridized carbons (Fsp3) is 0.455. The average molecular weight is 383 g/mol. The zero-order chi connectivity index (χ0) is 18.8. The van der Waals surface area contributed by atoms with Gasteiger partial charge in [-0.05, 0) is 54.7 Å². The van der Waals surface area contributed by atoms with E-state index in [9.17, 15) is 9.59 Å². The first-order chi connectivity index (χ1) is 13.1. The number of aryl methyl sites for hydroxylation is 1. The highest BCUT2D eigenvalue weighted by molar-refractivity contribution is 7.10. The Morgan fingerprint density at radius 2 is 2.00 bits per heavy atom. The number of carbonyl (C=O) groups excluding carboxylic acids is 2. The van der Waals surface area contributed by atoms with Crippen LogP contribution in [0.5, 0.6) is 0 Å². The highest BCUT2D eigenvalue weighted by atomic mass is 32.1. The Labute approximate surface area is 164 Å².